The minimum atomic E-state index is -3.13. The van der Waals surface area contributed by atoms with Gasteiger partial charge in [-0.25, -0.2) is 17.5 Å². The third-order valence-corrected chi connectivity index (χ3v) is 6.45. The first-order valence-electron chi connectivity index (χ1n) is 9.47. The molecule has 2 fully saturated rings. The van der Waals surface area contributed by atoms with E-state index >= 15 is 0 Å². The molecule has 0 spiro atoms. The number of benzene rings is 1. The van der Waals surface area contributed by atoms with Gasteiger partial charge in [0.1, 0.15) is 5.82 Å². The molecule has 1 aromatic carbocycles. The summed E-state index contributed by atoms with van der Waals surface area (Å²) in [5.41, 5.74) is 0.621. The SMILES string of the molecule is CS(=O)(=O)NC1CCC(C[C@@H]2CC[C@H]([C@H](O)c3cccc(F)c3)N2)CC1. The zero-order chi connectivity index (χ0) is 18.7. The molecule has 3 atom stereocenters. The van der Waals surface area contributed by atoms with Crippen LogP contribution in [0.25, 0.3) is 0 Å². The molecule has 7 heteroatoms. The van der Waals surface area contributed by atoms with Crippen LogP contribution >= 0.6 is 0 Å². The van der Waals surface area contributed by atoms with Gasteiger partial charge in [0.15, 0.2) is 0 Å². The summed E-state index contributed by atoms with van der Waals surface area (Å²) >= 11 is 0. The molecule has 5 nitrogen and oxygen atoms in total. The van der Waals surface area contributed by atoms with Gasteiger partial charge in [-0.2, -0.15) is 0 Å². The number of aliphatic hydroxyl groups is 1. The molecule has 1 aliphatic heterocycles. The summed E-state index contributed by atoms with van der Waals surface area (Å²) in [7, 11) is -3.13. The van der Waals surface area contributed by atoms with Crippen LogP contribution in [0.3, 0.4) is 0 Å². The highest BCUT2D eigenvalue weighted by Gasteiger charge is 2.32. The first-order chi connectivity index (χ1) is 12.3. The molecule has 2 aliphatic rings. The fraction of sp³-hybridized carbons (Fsp3) is 0.684. The number of hydrogen-bond donors (Lipinski definition) is 3. The van der Waals surface area contributed by atoms with Crippen LogP contribution in [-0.4, -0.2) is 37.9 Å². The van der Waals surface area contributed by atoms with Gasteiger partial charge in [-0.05, 0) is 68.6 Å². The maximum Gasteiger partial charge on any atom is 0.208 e. The average Bonchev–Trinajstić information content (AvgIpc) is 3.03. The second kappa shape index (κ2) is 8.33. The standard InChI is InChI=1S/C19H29FN2O3S/c1-26(24,25)22-16-7-5-13(6-8-16)11-17-9-10-18(21-17)19(23)14-3-2-4-15(20)12-14/h2-4,12-13,16-19,21-23H,5-11H2,1H3/t13?,16?,17-,18+,19+/m0/s1. The Balaban J connectivity index is 1.45. The molecule has 3 rings (SSSR count). The Morgan fingerprint density at radius 3 is 2.62 bits per heavy atom. The Labute approximate surface area is 155 Å². The molecule has 1 heterocycles. The molecule has 0 bridgehead atoms. The maximum atomic E-state index is 13.4. The zero-order valence-corrected chi connectivity index (χ0v) is 16.0. The van der Waals surface area contributed by atoms with Gasteiger partial charge in [-0.3, -0.25) is 0 Å². The van der Waals surface area contributed by atoms with Gasteiger partial charge < -0.3 is 10.4 Å². The molecule has 0 radical (unpaired) electrons. The Morgan fingerprint density at radius 1 is 1.23 bits per heavy atom. The summed E-state index contributed by atoms with van der Waals surface area (Å²) < 4.78 is 38.7. The third kappa shape index (κ3) is 5.49. The number of nitrogens with one attached hydrogen (secondary N) is 2. The van der Waals surface area contributed by atoms with Crippen molar-refractivity contribution in [1.29, 1.82) is 0 Å². The van der Waals surface area contributed by atoms with E-state index in [0.29, 0.717) is 17.5 Å². The minimum Gasteiger partial charge on any atom is -0.387 e. The van der Waals surface area contributed by atoms with Crippen LogP contribution in [0.1, 0.15) is 56.6 Å². The van der Waals surface area contributed by atoms with Crippen molar-refractivity contribution in [1.82, 2.24) is 10.0 Å². The van der Waals surface area contributed by atoms with Gasteiger partial charge in [0.2, 0.25) is 10.0 Å². The lowest BCUT2D eigenvalue weighted by Crippen LogP contribution is -2.39. The molecule has 3 N–H and O–H groups in total. The van der Waals surface area contributed by atoms with E-state index in [4.69, 9.17) is 0 Å². The Bertz CT molecular complexity index is 704. The lowest BCUT2D eigenvalue weighted by Gasteiger charge is -2.30. The molecule has 26 heavy (non-hydrogen) atoms. The van der Waals surface area contributed by atoms with E-state index in [0.717, 1.165) is 44.9 Å². The molecule has 1 saturated heterocycles. The summed E-state index contributed by atoms with van der Waals surface area (Å²) in [5.74, 6) is 0.269. The predicted octanol–water partition coefficient (Wildman–Crippen LogP) is 2.48. The van der Waals surface area contributed by atoms with E-state index in [-0.39, 0.29) is 17.9 Å². The molecule has 1 aliphatic carbocycles. The molecule has 146 valence electrons. The number of halogens is 1. The van der Waals surface area contributed by atoms with E-state index in [9.17, 15) is 17.9 Å². The van der Waals surface area contributed by atoms with Crippen LogP contribution in [0.4, 0.5) is 4.39 Å². The second-order valence-corrected chi connectivity index (χ2v) is 9.67. The summed E-state index contributed by atoms with van der Waals surface area (Å²) in [6, 6.07) is 6.58. The fourth-order valence-corrected chi connectivity index (χ4v) is 5.27. The quantitative estimate of drug-likeness (QED) is 0.704. The van der Waals surface area contributed by atoms with E-state index in [1.54, 1.807) is 12.1 Å². The van der Waals surface area contributed by atoms with Gasteiger partial charge in [-0.15, -0.1) is 0 Å². The Hall–Kier alpha value is -1.02. The molecule has 1 aromatic rings. The van der Waals surface area contributed by atoms with Gasteiger partial charge in [-0.1, -0.05) is 12.1 Å². The Kier molecular flexibility index (Phi) is 6.33. The van der Waals surface area contributed by atoms with Crippen molar-refractivity contribution < 1.29 is 17.9 Å². The number of hydrogen-bond acceptors (Lipinski definition) is 4. The molecular weight excluding hydrogens is 355 g/mol. The van der Waals surface area contributed by atoms with Crippen LogP contribution < -0.4 is 10.0 Å². The number of rotatable bonds is 6. The first-order valence-corrected chi connectivity index (χ1v) is 11.4. The van der Waals surface area contributed by atoms with Crippen molar-refractivity contribution in [2.75, 3.05) is 6.26 Å². The van der Waals surface area contributed by atoms with Gasteiger partial charge in [0.25, 0.3) is 0 Å². The summed E-state index contributed by atoms with van der Waals surface area (Å²) in [6.45, 7) is 0. The summed E-state index contributed by atoms with van der Waals surface area (Å²) in [4.78, 5) is 0. The largest absolute Gasteiger partial charge is 0.387 e. The average molecular weight is 385 g/mol. The van der Waals surface area contributed by atoms with E-state index in [1.165, 1.54) is 18.4 Å². The Morgan fingerprint density at radius 2 is 1.96 bits per heavy atom. The van der Waals surface area contributed by atoms with Gasteiger partial charge in [0.05, 0.1) is 12.4 Å². The van der Waals surface area contributed by atoms with Crippen molar-refractivity contribution in [3.8, 4) is 0 Å². The maximum absolute atomic E-state index is 13.4. The molecule has 0 amide bonds. The summed E-state index contributed by atoms with van der Waals surface area (Å²) in [5, 5.41) is 14.0. The lowest BCUT2D eigenvalue weighted by atomic mass is 9.82. The lowest BCUT2D eigenvalue weighted by molar-refractivity contribution is 0.133. The fourth-order valence-electron chi connectivity index (χ4n) is 4.43. The monoisotopic (exact) mass is 384 g/mol. The van der Waals surface area contributed by atoms with Crippen LogP contribution in [0.15, 0.2) is 24.3 Å². The normalized spacial score (nSPS) is 31.0. The highest BCUT2D eigenvalue weighted by atomic mass is 32.2. The molecule has 0 unspecified atom stereocenters. The van der Waals surface area contributed by atoms with Gasteiger partial charge in [0, 0.05) is 18.1 Å². The predicted molar refractivity (Wildman–Crippen MR) is 99.6 cm³/mol. The number of sulfonamides is 1. The number of aliphatic hydroxyl groups excluding tert-OH is 1. The molecule has 1 saturated carbocycles. The topological polar surface area (TPSA) is 78.4 Å². The van der Waals surface area contributed by atoms with Crippen molar-refractivity contribution in [3.05, 3.63) is 35.6 Å². The first kappa shape index (κ1) is 19.7. The van der Waals surface area contributed by atoms with Crippen LogP contribution in [0.2, 0.25) is 0 Å². The second-order valence-electron chi connectivity index (χ2n) is 7.89. The minimum absolute atomic E-state index is 0.0370. The van der Waals surface area contributed by atoms with Crippen LogP contribution in [0, 0.1) is 11.7 Å². The van der Waals surface area contributed by atoms with Crippen molar-refractivity contribution >= 4 is 10.0 Å². The highest BCUT2D eigenvalue weighted by molar-refractivity contribution is 7.88. The van der Waals surface area contributed by atoms with Crippen LogP contribution in [-0.2, 0) is 10.0 Å². The summed E-state index contributed by atoms with van der Waals surface area (Å²) in [6.07, 6.45) is 7.31. The molecule has 0 aromatic heterocycles. The van der Waals surface area contributed by atoms with Crippen LogP contribution in [0.5, 0.6) is 0 Å². The van der Waals surface area contributed by atoms with Crippen molar-refractivity contribution in [2.45, 2.75) is 69.2 Å². The molecular formula is C19H29FN2O3S. The van der Waals surface area contributed by atoms with E-state index < -0.39 is 16.1 Å². The van der Waals surface area contributed by atoms with Gasteiger partial charge >= 0.3 is 0 Å². The van der Waals surface area contributed by atoms with E-state index in [1.807, 2.05) is 0 Å². The van der Waals surface area contributed by atoms with Crippen molar-refractivity contribution in [3.63, 3.8) is 0 Å². The third-order valence-electron chi connectivity index (χ3n) is 5.69. The smallest absolute Gasteiger partial charge is 0.208 e. The van der Waals surface area contributed by atoms with E-state index in [2.05, 4.69) is 10.0 Å². The zero-order valence-electron chi connectivity index (χ0n) is 15.2. The highest BCUT2D eigenvalue weighted by Crippen LogP contribution is 2.33. The van der Waals surface area contributed by atoms with Crippen molar-refractivity contribution in [2.24, 2.45) is 5.92 Å².